The predicted molar refractivity (Wildman–Crippen MR) is 130 cm³/mol. The van der Waals surface area contributed by atoms with Gasteiger partial charge in [-0.05, 0) is 54.1 Å². The van der Waals surface area contributed by atoms with Crippen molar-refractivity contribution in [2.45, 2.75) is 19.5 Å². The van der Waals surface area contributed by atoms with E-state index >= 15 is 0 Å². The number of anilines is 2. The van der Waals surface area contributed by atoms with Crippen molar-refractivity contribution >= 4 is 28.4 Å². The summed E-state index contributed by atoms with van der Waals surface area (Å²) in [5.41, 5.74) is 4.07. The number of hydrogen-bond acceptors (Lipinski definition) is 5. The van der Waals surface area contributed by atoms with Crippen LogP contribution in [0.2, 0.25) is 0 Å². The average Bonchev–Trinajstić information content (AvgIpc) is 3.16. The lowest BCUT2D eigenvalue weighted by Gasteiger charge is -2.24. The summed E-state index contributed by atoms with van der Waals surface area (Å²) < 4.78 is 12.1. The van der Waals surface area contributed by atoms with Crippen molar-refractivity contribution in [2.75, 3.05) is 31.0 Å². The summed E-state index contributed by atoms with van der Waals surface area (Å²) in [6.07, 6.45) is 0.158. The second kappa shape index (κ2) is 9.65. The van der Waals surface area contributed by atoms with E-state index in [2.05, 4.69) is 0 Å². The molecule has 4 aromatic rings. The van der Waals surface area contributed by atoms with E-state index in [0.29, 0.717) is 17.6 Å². The number of carbonyl (C=O) groups is 1. The first kappa shape index (κ1) is 22.2. The molecule has 0 unspecified atom stereocenters. The summed E-state index contributed by atoms with van der Waals surface area (Å²) in [5.74, 6) is 0.172. The number of nitrogens with zero attached hydrogens (tertiary/aromatic N) is 3. The molecule has 1 amide bonds. The fourth-order valence-corrected chi connectivity index (χ4v) is 3.74. The Morgan fingerprint density at radius 2 is 1.61 bits per heavy atom. The molecular weight excluding hydrogens is 418 g/mol. The van der Waals surface area contributed by atoms with E-state index in [-0.39, 0.29) is 18.9 Å². The van der Waals surface area contributed by atoms with E-state index in [0.717, 1.165) is 22.7 Å². The van der Waals surface area contributed by atoms with E-state index in [1.807, 2.05) is 85.7 Å². The van der Waals surface area contributed by atoms with Crippen molar-refractivity contribution in [1.29, 1.82) is 0 Å². The van der Waals surface area contributed by atoms with Crippen LogP contribution in [-0.2, 0) is 17.9 Å². The number of ether oxygens (including phenoxy) is 1. The summed E-state index contributed by atoms with van der Waals surface area (Å²) in [6.45, 7) is 0.654. The standard InChI is InChI=1S/C26H27N3O4/c1-27(2)20-10-8-19(9-11-20)18-29(21-12-14-22(32-3)15-13-21)25(30)16-17-28-23-6-4-5-7-24(23)33-26(28)31/h4-15H,16-18H2,1-3H3. The number of rotatable bonds is 8. The molecular formula is C26H27N3O4. The molecule has 7 heteroatoms. The van der Waals surface area contributed by atoms with Crippen LogP contribution in [0.4, 0.5) is 11.4 Å². The Morgan fingerprint density at radius 3 is 2.27 bits per heavy atom. The van der Waals surface area contributed by atoms with E-state index in [4.69, 9.17) is 9.15 Å². The molecule has 33 heavy (non-hydrogen) atoms. The maximum absolute atomic E-state index is 13.4. The fourth-order valence-electron chi connectivity index (χ4n) is 3.74. The van der Waals surface area contributed by atoms with Gasteiger partial charge in [0, 0.05) is 38.4 Å². The molecule has 3 aromatic carbocycles. The highest BCUT2D eigenvalue weighted by atomic mass is 16.5. The Balaban J connectivity index is 1.58. The zero-order valence-corrected chi connectivity index (χ0v) is 19.0. The molecule has 7 nitrogen and oxygen atoms in total. The number of aromatic nitrogens is 1. The van der Waals surface area contributed by atoms with Gasteiger partial charge < -0.3 is 19.0 Å². The molecule has 0 radical (unpaired) electrons. The second-order valence-electron chi connectivity index (χ2n) is 7.98. The molecule has 4 rings (SSSR count). The highest BCUT2D eigenvalue weighted by Gasteiger charge is 2.18. The first-order chi connectivity index (χ1) is 16.0. The van der Waals surface area contributed by atoms with Crippen LogP contribution in [0.1, 0.15) is 12.0 Å². The van der Waals surface area contributed by atoms with E-state index < -0.39 is 5.76 Å². The molecule has 0 N–H and O–H groups in total. The summed E-state index contributed by atoms with van der Waals surface area (Å²) in [4.78, 5) is 29.4. The second-order valence-corrected chi connectivity index (χ2v) is 7.98. The lowest BCUT2D eigenvalue weighted by Crippen LogP contribution is -2.32. The Bertz CT molecular complexity index is 1290. The molecule has 0 aliphatic carbocycles. The number of methoxy groups -OCH3 is 1. The van der Waals surface area contributed by atoms with Crippen LogP contribution >= 0.6 is 0 Å². The number of para-hydroxylation sites is 2. The van der Waals surface area contributed by atoms with Gasteiger partial charge in [0.1, 0.15) is 5.75 Å². The number of fused-ring (bicyclic) bond motifs is 1. The van der Waals surface area contributed by atoms with Crippen LogP contribution in [0.15, 0.2) is 82.0 Å². The smallest absolute Gasteiger partial charge is 0.419 e. The molecule has 0 atom stereocenters. The molecule has 0 aliphatic heterocycles. The molecule has 0 saturated heterocycles. The van der Waals surface area contributed by atoms with Gasteiger partial charge in [-0.25, -0.2) is 4.79 Å². The van der Waals surface area contributed by atoms with Gasteiger partial charge in [0.15, 0.2) is 5.58 Å². The Morgan fingerprint density at radius 1 is 0.939 bits per heavy atom. The lowest BCUT2D eigenvalue weighted by molar-refractivity contribution is -0.119. The maximum atomic E-state index is 13.4. The first-order valence-electron chi connectivity index (χ1n) is 10.8. The first-order valence-corrected chi connectivity index (χ1v) is 10.8. The normalized spacial score (nSPS) is 10.9. The van der Waals surface area contributed by atoms with Crippen LogP contribution < -0.4 is 20.3 Å². The summed E-state index contributed by atoms with van der Waals surface area (Å²) in [5, 5.41) is 0. The van der Waals surface area contributed by atoms with Gasteiger partial charge in [-0.2, -0.15) is 0 Å². The van der Waals surface area contributed by atoms with Crippen molar-refractivity contribution in [3.05, 3.63) is 88.9 Å². The van der Waals surface area contributed by atoms with Crippen LogP contribution in [0.25, 0.3) is 11.1 Å². The minimum Gasteiger partial charge on any atom is -0.497 e. The minimum atomic E-state index is -0.459. The van der Waals surface area contributed by atoms with Crippen LogP contribution in [0.5, 0.6) is 5.75 Å². The molecule has 170 valence electrons. The number of amides is 1. The Hall–Kier alpha value is -4.00. The number of benzene rings is 3. The fraction of sp³-hybridized carbons (Fsp3) is 0.231. The zero-order chi connectivity index (χ0) is 23.4. The molecule has 0 bridgehead atoms. The lowest BCUT2D eigenvalue weighted by atomic mass is 10.1. The van der Waals surface area contributed by atoms with Crippen molar-refractivity contribution < 1.29 is 13.9 Å². The van der Waals surface area contributed by atoms with Crippen molar-refractivity contribution in [1.82, 2.24) is 4.57 Å². The predicted octanol–water partition coefficient (Wildman–Crippen LogP) is 4.29. The third-order valence-electron chi connectivity index (χ3n) is 5.60. The van der Waals surface area contributed by atoms with Crippen molar-refractivity contribution in [2.24, 2.45) is 0 Å². The third-order valence-corrected chi connectivity index (χ3v) is 5.60. The van der Waals surface area contributed by atoms with Gasteiger partial charge in [0.25, 0.3) is 0 Å². The van der Waals surface area contributed by atoms with Crippen molar-refractivity contribution in [3.63, 3.8) is 0 Å². The van der Waals surface area contributed by atoms with Gasteiger partial charge in [0.05, 0.1) is 19.2 Å². The number of carbonyl (C=O) groups excluding carboxylic acids is 1. The maximum Gasteiger partial charge on any atom is 0.419 e. The van der Waals surface area contributed by atoms with Gasteiger partial charge in [-0.1, -0.05) is 24.3 Å². The van der Waals surface area contributed by atoms with Crippen LogP contribution in [0, 0.1) is 0 Å². The number of aryl methyl sites for hydroxylation is 1. The van der Waals surface area contributed by atoms with Gasteiger partial charge in [-0.15, -0.1) is 0 Å². The number of oxazole rings is 1. The molecule has 0 aliphatic rings. The van der Waals surface area contributed by atoms with E-state index in [9.17, 15) is 9.59 Å². The molecule has 0 fully saturated rings. The van der Waals surface area contributed by atoms with Gasteiger partial charge in [0.2, 0.25) is 5.91 Å². The van der Waals surface area contributed by atoms with Crippen molar-refractivity contribution in [3.8, 4) is 5.75 Å². The average molecular weight is 446 g/mol. The van der Waals surface area contributed by atoms with E-state index in [1.165, 1.54) is 4.57 Å². The monoisotopic (exact) mass is 445 g/mol. The highest BCUT2D eigenvalue weighted by Crippen LogP contribution is 2.23. The molecule has 1 aromatic heterocycles. The minimum absolute atomic E-state index is 0.0889. The Kier molecular flexibility index (Phi) is 6.49. The Labute approximate surface area is 192 Å². The number of hydrogen-bond donors (Lipinski definition) is 0. The summed E-state index contributed by atoms with van der Waals surface area (Å²) in [6, 6.07) is 22.7. The largest absolute Gasteiger partial charge is 0.497 e. The SMILES string of the molecule is COc1ccc(N(Cc2ccc(N(C)C)cc2)C(=O)CCn2c(=O)oc3ccccc32)cc1. The van der Waals surface area contributed by atoms with Crippen LogP contribution in [0.3, 0.4) is 0 Å². The summed E-state index contributed by atoms with van der Waals surface area (Å²) >= 11 is 0. The van der Waals surface area contributed by atoms with Gasteiger partial charge in [-0.3, -0.25) is 9.36 Å². The quantitative estimate of drug-likeness (QED) is 0.405. The van der Waals surface area contributed by atoms with E-state index in [1.54, 1.807) is 18.1 Å². The molecule has 0 spiro atoms. The molecule has 0 saturated carbocycles. The zero-order valence-electron chi connectivity index (χ0n) is 19.0. The van der Waals surface area contributed by atoms with Gasteiger partial charge >= 0.3 is 5.76 Å². The highest BCUT2D eigenvalue weighted by molar-refractivity contribution is 5.93. The molecule has 1 heterocycles. The third kappa shape index (κ3) is 4.92. The summed E-state index contributed by atoms with van der Waals surface area (Å²) in [7, 11) is 5.59. The topological polar surface area (TPSA) is 67.9 Å². The van der Waals surface area contributed by atoms with Crippen LogP contribution in [-0.4, -0.2) is 31.7 Å².